The van der Waals surface area contributed by atoms with Crippen molar-refractivity contribution in [3.05, 3.63) is 77.5 Å². The van der Waals surface area contributed by atoms with Crippen LogP contribution in [0.2, 0.25) is 0 Å². The van der Waals surface area contributed by atoms with Gasteiger partial charge < -0.3 is 4.57 Å². The summed E-state index contributed by atoms with van der Waals surface area (Å²) in [6, 6.07) is 22.7. The van der Waals surface area contributed by atoms with Crippen LogP contribution in [-0.4, -0.2) is 4.57 Å². The fraction of sp³-hybridized carbons (Fsp3) is 0.143. The Morgan fingerprint density at radius 2 is 1.75 bits per heavy atom. The Bertz CT molecular complexity index is 1010. The molecule has 0 radical (unpaired) electrons. The number of aromatic nitrogens is 1. The molecule has 1 aromatic heterocycles. The molecule has 0 saturated carbocycles. The molecule has 3 aromatic rings. The Morgan fingerprint density at radius 1 is 1.00 bits per heavy atom. The number of para-hydroxylation sites is 1. The summed E-state index contributed by atoms with van der Waals surface area (Å²) in [7, 11) is 0. The summed E-state index contributed by atoms with van der Waals surface area (Å²) >= 11 is 0. The van der Waals surface area contributed by atoms with Crippen molar-refractivity contribution in [1.82, 2.24) is 4.57 Å². The van der Waals surface area contributed by atoms with E-state index in [0.717, 1.165) is 23.1 Å². The van der Waals surface area contributed by atoms with Gasteiger partial charge in [-0.1, -0.05) is 42.5 Å². The quantitative estimate of drug-likeness (QED) is 0.700. The molecule has 1 heterocycles. The number of nitriles is 2. The highest BCUT2D eigenvalue weighted by atomic mass is 14.9. The monoisotopic (exact) mass is 309 g/mol. The summed E-state index contributed by atoms with van der Waals surface area (Å²) in [5.41, 5.74) is 4.56. The van der Waals surface area contributed by atoms with Gasteiger partial charge in [-0.25, -0.2) is 0 Å². The van der Waals surface area contributed by atoms with Crippen LogP contribution < -0.4 is 0 Å². The van der Waals surface area contributed by atoms with Crippen molar-refractivity contribution in [3.8, 4) is 12.1 Å². The summed E-state index contributed by atoms with van der Waals surface area (Å²) in [4.78, 5) is 0. The zero-order valence-electron chi connectivity index (χ0n) is 13.1. The highest BCUT2D eigenvalue weighted by Gasteiger charge is 2.34. The van der Waals surface area contributed by atoms with Gasteiger partial charge in [0.2, 0.25) is 0 Å². The van der Waals surface area contributed by atoms with Gasteiger partial charge in [0, 0.05) is 18.3 Å². The largest absolute Gasteiger partial charge is 0.323 e. The summed E-state index contributed by atoms with van der Waals surface area (Å²) in [6.45, 7) is 0. The van der Waals surface area contributed by atoms with Crippen LogP contribution in [-0.2, 0) is 6.42 Å². The first-order valence-electron chi connectivity index (χ1n) is 7.95. The normalized spacial score (nSPS) is 17.8. The third kappa shape index (κ3) is 2.19. The number of nitrogens with zero attached hydrogens (tertiary/aromatic N) is 3. The lowest BCUT2D eigenvalue weighted by Crippen LogP contribution is -2.09. The molecule has 3 heteroatoms. The smallest absolute Gasteiger partial charge is 0.143 e. The summed E-state index contributed by atoms with van der Waals surface area (Å²) < 4.78 is 2.09. The fourth-order valence-corrected chi connectivity index (χ4v) is 3.62. The lowest BCUT2D eigenvalue weighted by Gasteiger charge is -2.14. The van der Waals surface area contributed by atoms with Crippen LogP contribution in [0.4, 0.5) is 0 Å². The van der Waals surface area contributed by atoms with Gasteiger partial charge in [0.05, 0.1) is 17.7 Å². The van der Waals surface area contributed by atoms with E-state index in [-0.39, 0.29) is 5.92 Å². The van der Waals surface area contributed by atoms with Gasteiger partial charge in [-0.3, -0.25) is 0 Å². The topological polar surface area (TPSA) is 52.5 Å². The minimum atomic E-state index is -0.665. The van der Waals surface area contributed by atoms with Gasteiger partial charge in [0.15, 0.2) is 0 Å². The second-order valence-electron chi connectivity index (χ2n) is 6.07. The highest BCUT2D eigenvalue weighted by Crippen LogP contribution is 2.42. The lowest BCUT2D eigenvalue weighted by molar-refractivity contribution is 0.713. The number of allylic oxidation sites excluding steroid dienone is 1. The molecule has 1 unspecified atom stereocenters. The average molecular weight is 309 g/mol. The van der Waals surface area contributed by atoms with Crippen LogP contribution in [0.5, 0.6) is 0 Å². The van der Waals surface area contributed by atoms with E-state index in [1.54, 1.807) is 0 Å². The zero-order chi connectivity index (χ0) is 16.5. The Morgan fingerprint density at radius 3 is 2.58 bits per heavy atom. The number of hydrogen-bond donors (Lipinski definition) is 0. The van der Waals surface area contributed by atoms with Gasteiger partial charge in [0.25, 0.3) is 0 Å². The Labute approximate surface area is 140 Å². The van der Waals surface area contributed by atoms with E-state index in [2.05, 4.69) is 47.2 Å². The molecular formula is C21H15N3. The van der Waals surface area contributed by atoms with Crippen molar-refractivity contribution in [2.75, 3.05) is 0 Å². The van der Waals surface area contributed by atoms with Gasteiger partial charge in [-0.05, 0) is 40.6 Å². The maximum absolute atomic E-state index is 9.42. The van der Waals surface area contributed by atoms with E-state index in [1.807, 2.05) is 36.5 Å². The predicted octanol–water partition coefficient (Wildman–Crippen LogP) is 4.49. The molecular weight excluding hydrogens is 294 g/mol. The highest BCUT2D eigenvalue weighted by molar-refractivity contribution is 5.82. The van der Waals surface area contributed by atoms with Crippen molar-refractivity contribution >= 4 is 17.1 Å². The maximum Gasteiger partial charge on any atom is 0.143 e. The van der Waals surface area contributed by atoms with Crippen molar-refractivity contribution in [2.45, 2.75) is 12.3 Å². The van der Waals surface area contributed by atoms with E-state index in [1.165, 1.54) is 10.9 Å². The molecule has 0 saturated heterocycles. The number of hydrogen-bond acceptors (Lipinski definition) is 2. The van der Waals surface area contributed by atoms with Crippen LogP contribution in [0, 0.1) is 28.6 Å². The first-order valence-corrected chi connectivity index (χ1v) is 7.95. The Kier molecular flexibility index (Phi) is 3.41. The van der Waals surface area contributed by atoms with E-state index >= 15 is 0 Å². The van der Waals surface area contributed by atoms with Crippen molar-refractivity contribution < 1.29 is 0 Å². The third-order valence-corrected chi connectivity index (χ3v) is 4.73. The first kappa shape index (κ1) is 14.3. The van der Waals surface area contributed by atoms with Gasteiger partial charge >= 0.3 is 0 Å². The molecule has 4 rings (SSSR count). The van der Waals surface area contributed by atoms with Crippen molar-refractivity contribution in [3.63, 3.8) is 0 Å². The third-order valence-electron chi connectivity index (χ3n) is 4.73. The van der Waals surface area contributed by atoms with E-state index in [4.69, 9.17) is 0 Å². The van der Waals surface area contributed by atoms with Crippen LogP contribution >= 0.6 is 0 Å². The van der Waals surface area contributed by atoms with E-state index in [0.29, 0.717) is 0 Å². The molecule has 0 fully saturated rings. The molecule has 114 valence electrons. The molecule has 1 aliphatic rings. The van der Waals surface area contributed by atoms with E-state index in [9.17, 15) is 10.5 Å². The molecule has 0 N–H and O–H groups in total. The molecule has 1 aliphatic carbocycles. The van der Waals surface area contributed by atoms with Crippen LogP contribution in [0.25, 0.3) is 17.1 Å². The van der Waals surface area contributed by atoms with Crippen LogP contribution in [0.15, 0.2) is 66.4 Å². The Balaban J connectivity index is 1.85. The maximum atomic E-state index is 9.42. The van der Waals surface area contributed by atoms with Gasteiger partial charge in [-0.15, -0.1) is 0 Å². The first-order chi connectivity index (χ1) is 11.8. The average Bonchev–Trinajstić information content (AvgIpc) is 3.19. The van der Waals surface area contributed by atoms with Gasteiger partial charge in [-0.2, -0.15) is 10.5 Å². The van der Waals surface area contributed by atoms with Crippen molar-refractivity contribution in [2.24, 2.45) is 5.92 Å². The van der Waals surface area contributed by atoms with Crippen LogP contribution in [0.3, 0.4) is 0 Å². The molecule has 3 nitrogen and oxygen atoms in total. The summed E-state index contributed by atoms with van der Waals surface area (Å²) in [5, 5.41) is 20.0. The zero-order valence-corrected chi connectivity index (χ0v) is 13.1. The number of rotatable bonds is 2. The van der Waals surface area contributed by atoms with Crippen LogP contribution in [0.1, 0.15) is 17.0 Å². The number of fused-ring (bicyclic) bond motifs is 2. The lowest BCUT2D eigenvalue weighted by atomic mass is 9.86. The van der Waals surface area contributed by atoms with Crippen molar-refractivity contribution in [1.29, 1.82) is 10.5 Å². The molecule has 24 heavy (non-hydrogen) atoms. The molecule has 0 amide bonds. The minimum Gasteiger partial charge on any atom is -0.323 e. The molecule has 2 aromatic carbocycles. The SMILES string of the molecule is N#CC(C#N)C1/C(=C/n2ccc3ccccc32)Cc2ccccc21. The van der Waals surface area contributed by atoms with Gasteiger partial charge in [0.1, 0.15) is 5.92 Å². The molecule has 1 atom stereocenters. The molecule has 0 bridgehead atoms. The molecule has 0 spiro atoms. The Hall–Kier alpha value is -3.30. The minimum absolute atomic E-state index is 0.155. The molecule has 0 aliphatic heterocycles. The number of benzene rings is 2. The van der Waals surface area contributed by atoms with E-state index < -0.39 is 5.92 Å². The summed E-state index contributed by atoms with van der Waals surface area (Å²) in [5.74, 6) is -0.820. The fourth-order valence-electron chi connectivity index (χ4n) is 3.62. The standard InChI is InChI=1S/C21H15N3/c22-12-18(13-23)21-17(11-16-6-1-3-7-19(16)21)14-24-10-9-15-5-2-4-8-20(15)24/h1-10,14,18,21H,11H2/b17-14+. The second-order valence-corrected chi connectivity index (χ2v) is 6.07. The predicted molar refractivity (Wildman–Crippen MR) is 93.8 cm³/mol. The summed E-state index contributed by atoms with van der Waals surface area (Å²) in [6.07, 6.45) is 4.91. The second kappa shape index (κ2) is 5.72.